The van der Waals surface area contributed by atoms with Crippen LogP contribution in [-0.2, 0) is 9.59 Å². The first-order valence-corrected chi connectivity index (χ1v) is 7.48. The van der Waals surface area contributed by atoms with Gasteiger partial charge in [0.05, 0.1) is 16.2 Å². The molecule has 5 nitrogen and oxygen atoms in total. The molecule has 0 radical (unpaired) electrons. The SMILES string of the molecule is CCC(=O)Nc1ccc(Cl)c(NC(=O)C2(C)CCCN2)c1. The van der Waals surface area contributed by atoms with E-state index in [4.69, 9.17) is 11.6 Å². The summed E-state index contributed by atoms with van der Waals surface area (Å²) in [4.78, 5) is 23.8. The second kappa shape index (κ2) is 6.45. The van der Waals surface area contributed by atoms with Crippen molar-refractivity contribution in [2.45, 2.75) is 38.6 Å². The predicted molar refractivity (Wildman–Crippen MR) is 84.6 cm³/mol. The third kappa shape index (κ3) is 3.74. The van der Waals surface area contributed by atoms with E-state index in [9.17, 15) is 9.59 Å². The highest BCUT2D eigenvalue weighted by atomic mass is 35.5. The molecule has 1 aliphatic heterocycles. The maximum Gasteiger partial charge on any atom is 0.244 e. The first-order valence-electron chi connectivity index (χ1n) is 7.10. The fraction of sp³-hybridized carbons (Fsp3) is 0.467. The quantitative estimate of drug-likeness (QED) is 0.801. The molecule has 1 saturated heterocycles. The topological polar surface area (TPSA) is 70.2 Å². The Morgan fingerprint density at radius 1 is 1.38 bits per heavy atom. The summed E-state index contributed by atoms with van der Waals surface area (Å²) >= 11 is 6.11. The molecule has 1 atom stereocenters. The van der Waals surface area contributed by atoms with Crippen molar-refractivity contribution in [2.24, 2.45) is 0 Å². The molecule has 1 heterocycles. The fourth-order valence-electron chi connectivity index (χ4n) is 2.30. The number of amides is 2. The van der Waals surface area contributed by atoms with E-state index in [2.05, 4.69) is 16.0 Å². The van der Waals surface area contributed by atoms with Crippen molar-refractivity contribution in [1.29, 1.82) is 0 Å². The Morgan fingerprint density at radius 3 is 2.76 bits per heavy atom. The van der Waals surface area contributed by atoms with Gasteiger partial charge in [-0.3, -0.25) is 9.59 Å². The molecule has 0 aliphatic carbocycles. The molecule has 1 aromatic carbocycles. The van der Waals surface area contributed by atoms with Crippen LogP contribution in [-0.4, -0.2) is 23.9 Å². The second-order valence-electron chi connectivity index (χ2n) is 5.41. The summed E-state index contributed by atoms with van der Waals surface area (Å²) in [7, 11) is 0. The predicted octanol–water partition coefficient (Wildman–Crippen LogP) is 2.77. The minimum atomic E-state index is -0.563. The fourth-order valence-corrected chi connectivity index (χ4v) is 2.46. The second-order valence-corrected chi connectivity index (χ2v) is 5.82. The molecule has 21 heavy (non-hydrogen) atoms. The minimum absolute atomic E-state index is 0.0842. The lowest BCUT2D eigenvalue weighted by Crippen LogP contribution is -2.48. The minimum Gasteiger partial charge on any atom is -0.326 e. The Balaban J connectivity index is 2.13. The number of hydrogen-bond acceptors (Lipinski definition) is 3. The van der Waals surface area contributed by atoms with Gasteiger partial charge in [-0.25, -0.2) is 0 Å². The van der Waals surface area contributed by atoms with Gasteiger partial charge in [-0.05, 0) is 44.5 Å². The molecular formula is C15H20ClN3O2. The van der Waals surface area contributed by atoms with Crippen LogP contribution in [0.15, 0.2) is 18.2 Å². The Bertz CT molecular complexity index is 554. The van der Waals surface area contributed by atoms with E-state index >= 15 is 0 Å². The van der Waals surface area contributed by atoms with Crippen molar-refractivity contribution in [2.75, 3.05) is 17.2 Å². The summed E-state index contributed by atoms with van der Waals surface area (Å²) in [6.45, 7) is 4.50. The molecule has 0 saturated carbocycles. The molecule has 6 heteroatoms. The van der Waals surface area contributed by atoms with E-state index in [1.54, 1.807) is 25.1 Å². The van der Waals surface area contributed by atoms with Gasteiger partial charge in [0.25, 0.3) is 0 Å². The average Bonchev–Trinajstić information content (AvgIpc) is 2.90. The van der Waals surface area contributed by atoms with Crippen molar-refractivity contribution in [1.82, 2.24) is 5.32 Å². The van der Waals surface area contributed by atoms with Gasteiger partial charge < -0.3 is 16.0 Å². The van der Waals surface area contributed by atoms with Crippen LogP contribution >= 0.6 is 11.6 Å². The molecule has 2 rings (SSSR count). The van der Waals surface area contributed by atoms with Crippen molar-refractivity contribution >= 4 is 34.8 Å². The molecule has 3 N–H and O–H groups in total. The van der Waals surface area contributed by atoms with Crippen LogP contribution in [0.1, 0.15) is 33.1 Å². The third-order valence-electron chi connectivity index (χ3n) is 3.69. The zero-order valence-corrected chi connectivity index (χ0v) is 13.0. The van der Waals surface area contributed by atoms with Crippen molar-refractivity contribution in [3.05, 3.63) is 23.2 Å². The van der Waals surface area contributed by atoms with Crippen molar-refractivity contribution in [3.8, 4) is 0 Å². The van der Waals surface area contributed by atoms with E-state index < -0.39 is 5.54 Å². The van der Waals surface area contributed by atoms with Gasteiger partial charge in [-0.1, -0.05) is 18.5 Å². The maximum absolute atomic E-state index is 12.4. The number of rotatable bonds is 4. The Morgan fingerprint density at radius 2 is 2.14 bits per heavy atom. The first-order chi connectivity index (χ1) is 9.94. The zero-order valence-electron chi connectivity index (χ0n) is 12.3. The van der Waals surface area contributed by atoms with Crippen LogP contribution in [0.5, 0.6) is 0 Å². The normalized spacial score (nSPS) is 21.1. The lowest BCUT2D eigenvalue weighted by molar-refractivity contribution is -0.121. The van der Waals surface area contributed by atoms with Crippen molar-refractivity contribution in [3.63, 3.8) is 0 Å². The summed E-state index contributed by atoms with van der Waals surface area (Å²) in [5.41, 5.74) is 0.558. The maximum atomic E-state index is 12.4. The molecule has 0 aromatic heterocycles. The van der Waals surface area contributed by atoms with Gasteiger partial charge >= 0.3 is 0 Å². The van der Waals surface area contributed by atoms with E-state index in [0.29, 0.717) is 22.8 Å². The summed E-state index contributed by atoms with van der Waals surface area (Å²) in [5, 5.41) is 9.23. The molecule has 1 fully saturated rings. The van der Waals surface area contributed by atoms with Gasteiger partial charge in [0, 0.05) is 12.1 Å². The lowest BCUT2D eigenvalue weighted by atomic mass is 9.99. The standard InChI is InChI=1S/C15H20ClN3O2/c1-3-13(20)18-10-5-6-11(16)12(9-10)19-14(21)15(2)7-4-8-17-15/h5-6,9,17H,3-4,7-8H2,1-2H3,(H,18,20)(H,19,21). The molecule has 1 aromatic rings. The summed E-state index contributed by atoms with van der Waals surface area (Å²) in [6.07, 6.45) is 2.17. The van der Waals surface area contributed by atoms with E-state index in [-0.39, 0.29) is 11.8 Å². The smallest absolute Gasteiger partial charge is 0.244 e. The summed E-state index contributed by atoms with van der Waals surface area (Å²) < 4.78 is 0. The number of halogens is 1. The summed E-state index contributed by atoms with van der Waals surface area (Å²) in [5.74, 6) is -0.195. The van der Waals surface area contributed by atoms with Gasteiger partial charge in [-0.15, -0.1) is 0 Å². The van der Waals surface area contributed by atoms with Crippen molar-refractivity contribution < 1.29 is 9.59 Å². The molecule has 114 valence electrons. The number of carbonyl (C=O) groups excluding carboxylic acids is 2. The van der Waals surface area contributed by atoms with Crippen LogP contribution in [0.3, 0.4) is 0 Å². The van der Waals surface area contributed by atoms with Gasteiger partial charge in [0.2, 0.25) is 11.8 Å². The third-order valence-corrected chi connectivity index (χ3v) is 4.02. The monoisotopic (exact) mass is 309 g/mol. The van der Waals surface area contributed by atoms with E-state index in [1.807, 2.05) is 6.92 Å². The molecule has 0 bridgehead atoms. The number of anilines is 2. The van der Waals surface area contributed by atoms with Crippen LogP contribution in [0.4, 0.5) is 11.4 Å². The number of nitrogens with one attached hydrogen (secondary N) is 3. The highest BCUT2D eigenvalue weighted by Crippen LogP contribution is 2.28. The molecule has 1 unspecified atom stereocenters. The Hall–Kier alpha value is -1.59. The highest BCUT2D eigenvalue weighted by molar-refractivity contribution is 6.34. The average molecular weight is 310 g/mol. The van der Waals surface area contributed by atoms with Crippen LogP contribution < -0.4 is 16.0 Å². The van der Waals surface area contributed by atoms with E-state index in [1.165, 1.54) is 0 Å². The Kier molecular flexibility index (Phi) is 4.85. The largest absolute Gasteiger partial charge is 0.326 e. The molecule has 0 spiro atoms. The van der Waals surface area contributed by atoms with E-state index in [0.717, 1.165) is 19.4 Å². The van der Waals surface area contributed by atoms with Crippen LogP contribution in [0.2, 0.25) is 5.02 Å². The number of benzene rings is 1. The zero-order chi connectivity index (χ0) is 15.5. The molecule has 2 amide bonds. The van der Waals surface area contributed by atoms with Gasteiger partial charge in [0.1, 0.15) is 0 Å². The molecular weight excluding hydrogens is 290 g/mol. The van der Waals surface area contributed by atoms with Crippen LogP contribution in [0.25, 0.3) is 0 Å². The number of hydrogen-bond donors (Lipinski definition) is 3. The van der Waals surface area contributed by atoms with Gasteiger partial charge in [-0.2, -0.15) is 0 Å². The highest BCUT2D eigenvalue weighted by Gasteiger charge is 2.36. The first kappa shape index (κ1) is 15.8. The number of carbonyl (C=O) groups is 2. The summed E-state index contributed by atoms with van der Waals surface area (Å²) in [6, 6.07) is 5.04. The lowest BCUT2D eigenvalue weighted by Gasteiger charge is -2.23. The van der Waals surface area contributed by atoms with Gasteiger partial charge in [0.15, 0.2) is 0 Å². The molecule has 1 aliphatic rings. The Labute approximate surface area is 129 Å². The van der Waals surface area contributed by atoms with Crippen LogP contribution in [0, 0.1) is 0 Å².